The standard InChI is InChI=1S/C16H11N5O2/c17-16-18-12(11-4-1-3-10(7-11)9-22)8-14-19-15(20-21(14)16)13-5-2-6-23-13/h1-9H,(H2,17,18). The van der Waals surface area contributed by atoms with Crippen LogP contribution in [0.5, 0.6) is 0 Å². The molecule has 0 amide bonds. The molecule has 0 fully saturated rings. The van der Waals surface area contributed by atoms with Crippen molar-refractivity contribution in [2.24, 2.45) is 0 Å². The Bertz CT molecular complexity index is 1000. The molecule has 4 aromatic rings. The highest BCUT2D eigenvalue weighted by molar-refractivity contribution is 5.78. The Morgan fingerprint density at radius 3 is 2.83 bits per heavy atom. The van der Waals surface area contributed by atoms with E-state index in [0.29, 0.717) is 28.5 Å². The highest BCUT2D eigenvalue weighted by Crippen LogP contribution is 2.23. The fourth-order valence-electron chi connectivity index (χ4n) is 2.34. The maximum absolute atomic E-state index is 10.9. The third-order valence-electron chi connectivity index (χ3n) is 3.41. The van der Waals surface area contributed by atoms with Gasteiger partial charge in [0.25, 0.3) is 0 Å². The van der Waals surface area contributed by atoms with Crippen LogP contribution in [-0.2, 0) is 0 Å². The van der Waals surface area contributed by atoms with E-state index in [1.54, 1.807) is 42.7 Å². The number of aldehydes is 1. The highest BCUT2D eigenvalue weighted by Gasteiger charge is 2.13. The minimum Gasteiger partial charge on any atom is -0.461 e. The third kappa shape index (κ3) is 2.24. The number of nitrogen functional groups attached to an aromatic ring is 1. The Morgan fingerprint density at radius 1 is 1.13 bits per heavy atom. The molecular weight excluding hydrogens is 294 g/mol. The number of anilines is 1. The highest BCUT2D eigenvalue weighted by atomic mass is 16.3. The lowest BCUT2D eigenvalue weighted by Gasteiger charge is -2.04. The van der Waals surface area contributed by atoms with Crippen molar-refractivity contribution >= 4 is 17.9 Å². The summed E-state index contributed by atoms with van der Waals surface area (Å²) in [5.74, 6) is 1.19. The number of hydrogen-bond donors (Lipinski definition) is 1. The molecule has 1 aromatic carbocycles. The van der Waals surface area contributed by atoms with Crippen LogP contribution in [0.1, 0.15) is 10.4 Å². The van der Waals surface area contributed by atoms with E-state index in [4.69, 9.17) is 10.2 Å². The molecule has 0 radical (unpaired) electrons. The second kappa shape index (κ2) is 5.06. The van der Waals surface area contributed by atoms with Gasteiger partial charge in [-0.1, -0.05) is 18.2 Å². The van der Waals surface area contributed by atoms with E-state index in [2.05, 4.69) is 15.1 Å². The van der Waals surface area contributed by atoms with Crippen LogP contribution in [0, 0.1) is 0 Å². The minimum atomic E-state index is 0.208. The summed E-state index contributed by atoms with van der Waals surface area (Å²) in [6.07, 6.45) is 2.34. The van der Waals surface area contributed by atoms with E-state index in [9.17, 15) is 4.79 Å². The summed E-state index contributed by atoms with van der Waals surface area (Å²) in [6, 6.07) is 12.4. The molecule has 0 saturated carbocycles. The molecule has 23 heavy (non-hydrogen) atoms. The van der Waals surface area contributed by atoms with Gasteiger partial charge in [-0.2, -0.15) is 4.52 Å². The van der Waals surface area contributed by atoms with Crippen LogP contribution in [0.4, 0.5) is 5.95 Å². The smallest absolute Gasteiger partial charge is 0.223 e. The zero-order chi connectivity index (χ0) is 15.8. The van der Waals surface area contributed by atoms with Crippen molar-refractivity contribution in [2.75, 3.05) is 5.73 Å². The summed E-state index contributed by atoms with van der Waals surface area (Å²) in [5.41, 5.74) is 8.51. The van der Waals surface area contributed by atoms with Gasteiger partial charge in [0.05, 0.1) is 12.0 Å². The number of furan rings is 1. The van der Waals surface area contributed by atoms with Crippen molar-refractivity contribution in [2.45, 2.75) is 0 Å². The first kappa shape index (κ1) is 13.2. The average molecular weight is 305 g/mol. The lowest BCUT2D eigenvalue weighted by atomic mass is 10.1. The van der Waals surface area contributed by atoms with Crippen molar-refractivity contribution in [1.82, 2.24) is 19.6 Å². The van der Waals surface area contributed by atoms with Crippen molar-refractivity contribution in [3.05, 3.63) is 54.3 Å². The third-order valence-corrected chi connectivity index (χ3v) is 3.41. The van der Waals surface area contributed by atoms with E-state index < -0.39 is 0 Å². The predicted molar refractivity (Wildman–Crippen MR) is 83.7 cm³/mol. The second-order valence-corrected chi connectivity index (χ2v) is 4.93. The van der Waals surface area contributed by atoms with Crippen LogP contribution in [0.2, 0.25) is 0 Å². The normalized spacial score (nSPS) is 11.0. The molecule has 0 bridgehead atoms. The van der Waals surface area contributed by atoms with Gasteiger partial charge in [-0.05, 0) is 18.2 Å². The lowest BCUT2D eigenvalue weighted by molar-refractivity contribution is 0.112. The average Bonchev–Trinajstić information content (AvgIpc) is 3.24. The number of carbonyl (C=O) groups excluding carboxylic acids is 1. The first-order valence-corrected chi connectivity index (χ1v) is 6.87. The van der Waals surface area contributed by atoms with Gasteiger partial charge in [0.15, 0.2) is 11.4 Å². The largest absolute Gasteiger partial charge is 0.461 e. The van der Waals surface area contributed by atoms with Crippen LogP contribution in [0.15, 0.2) is 53.1 Å². The van der Waals surface area contributed by atoms with Crippen LogP contribution in [0.3, 0.4) is 0 Å². The van der Waals surface area contributed by atoms with Crippen LogP contribution in [-0.4, -0.2) is 25.9 Å². The summed E-state index contributed by atoms with van der Waals surface area (Å²) < 4.78 is 6.75. The van der Waals surface area contributed by atoms with Gasteiger partial charge in [-0.25, -0.2) is 9.97 Å². The number of aromatic nitrogens is 4. The van der Waals surface area contributed by atoms with E-state index in [0.717, 1.165) is 11.8 Å². The van der Waals surface area contributed by atoms with Gasteiger partial charge in [0.1, 0.15) is 6.29 Å². The predicted octanol–water partition coefficient (Wildman–Crippen LogP) is 2.45. The maximum Gasteiger partial charge on any atom is 0.223 e. The molecule has 2 N–H and O–H groups in total. The minimum absolute atomic E-state index is 0.208. The van der Waals surface area contributed by atoms with Crippen LogP contribution in [0.25, 0.3) is 28.5 Å². The zero-order valence-electron chi connectivity index (χ0n) is 11.9. The number of carbonyl (C=O) groups is 1. The quantitative estimate of drug-likeness (QED) is 0.584. The monoisotopic (exact) mass is 305 g/mol. The van der Waals surface area contributed by atoms with Crippen molar-refractivity contribution < 1.29 is 9.21 Å². The molecule has 7 nitrogen and oxygen atoms in total. The summed E-state index contributed by atoms with van der Waals surface area (Å²) >= 11 is 0. The molecule has 112 valence electrons. The zero-order valence-corrected chi connectivity index (χ0v) is 11.9. The molecule has 3 heterocycles. The van der Waals surface area contributed by atoms with Gasteiger partial charge >= 0.3 is 0 Å². The first-order valence-electron chi connectivity index (χ1n) is 6.87. The molecule has 0 aliphatic carbocycles. The van der Waals surface area contributed by atoms with E-state index in [1.807, 2.05) is 6.07 Å². The van der Waals surface area contributed by atoms with E-state index >= 15 is 0 Å². The molecule has 0 spiro atoms. The van der Waals surface area contributed by atoms with Crippen molar-refractivity contribution in [1.29, 1.82) is 0 Å². The second-order valence-electron chi connectivity index (χ2n) is 4.93. The van der Waals surface area contributed by atoms with Gasteiger partial charge < -0.3 is 10.2 Å². The molecule has 0 aliphatic rings. The van der Waals surface area contributed by atoms with E-state index in [-0.39, 0.29) is 5.95 Å². The lowest BCUT2D eigenvalue weighted by Crippen LogP contribution is -2.03. The molecule has 4 rings (SSSR count). The molecular formula is C16H11N5O2. The topological polar surface area (TPSA) is 99.3 Å². The summed E-state index contributed by atoms with van der Waals surface area (Å²) in [5, 5.41) is 4.29. The van der Waals surface area contributed by atoms with Crippen molar-refractivity contribution in [3.8, 4) is 22.8 Å². The maximum atomic E-state index is 10.9. The Labute approximate surface area is 130 Å². The van der Waals surface area contributed by atoms with Gasteiger partial charge in [-0.15, -0.1) is 5.10 Å². The number of hydrogen-bond acceptors (Lipinski definition) is 6. The SMILES string of the molecule is Nc1nc(-c2cccc(C=O)c2)cc2nc(-c3ccco3)nn12. The fourth-order valence-corrected chi connectivity index (χ4v) is 2.34. The molecule has 0 unspecified atom stereocenters. The van der Waals surface area contributed by atoms with Gasteiger partial charge in [-0.3, -0.25) is 4.79 Å². The Kier molecular flexibility index (Phi) is 2.90. The van der Waals surface area contributed by atoms with Crippen LogP contribution < -0.4 is 5.73 Å². The summed E-state index contributed by atoms with van der Waals surface area (Å²) in [7, 11) is 0. The number of rotatable bonds is 3. The Hall–Kier alpha value is -3.48. The molecule has 7 heteroatoms. The van der Waals surface area contributed by atoms with Gasteiger partial charge in [0, 0.05) is 17.2 Å². The molecule has 0 saturated heterocycles. The Morgan fingerprint density at radius 2 is 2.04 bits per heavy atom. The van der Waals surface area contributed by atoms with Crippen molar-refractivity contribution in [3.63, 3.8) is 0 Å². The fraction of sp³-hybridized carbons (Fsp3) is 0. The summed E-state index contributed by atoms with van der Waals surface area (Å²) in [6.45, 7) is 0. The number of benzene rings is 1. The summed E-state index contributed by atoms with van der Waals surface area (Å²) in [4.78, 5) is 19.7. The van der Waals surface area contributed by atoms with Crippen LogP contribution >= 0.6 is 0 Å². The molecule has 0 aliphatic heterocycles. The Balaban J connectivity index is 1.87. The molecule has 0 atom stereocenters. The molecule has 3 aromatic heterocycles. The first-order chi connectivity index (χ1) is 11.2. The number of nitrogens with two attached hydrogens (primary N) is 1. The van der Waals surface area contributed by atoms with Gasteiger partial charge in [0.2, 0.25) is 11.8 Å². The van der Waals surface area contributed by atoms with E-state index in [1.165, 1.54) is 4.52 Å². The number of nitrogens with zero attached hydrogens (tertiary/aromatic N) is 4. The number of fused-ring (bicyclic) bond motifs is 1.